The molecule has 2 heterocycles. The van der Waals surface area contributed by atoms with E-state index in [4.69, 9.17) is 0 Å². The second kappa shape index (κ2) is 7.37. The van der Waals surface area contributed by atoms with Crippen molar-refractivity contribution in [2.75, 3.05) is 18.0 Å². The van der Waals surface area contributed by atoms with Crippen LogP contribution in [0.3, 0.4) is 0 Å². The number of ether oxygens (including phenoxy) is 1. The molecule has 0 aliphatic carbocycles. The Balaban J connectivity index is 1.78. The molecule has 0 saturated carbocycles. The second-order valence-electron chi connectivity index (χ2n) is 6.09. The number of hydrogen-bond donors (Lipinski definition) is 1. The molecular formula is C17H16F4N4O2. The fraction of sp³-hybridized carbons (Fsp3) is 0.353. The summed E-state index contributed by atoms with van der Waals surface area (Å²) in [5.41, 5.74) is 0.656. The minimum atomic E-state index is -4.97. The van der Waals surface area contributed by atoms with Crippen LogP contribution < -0.4 is 15.0 Å². The lowest BCUT2D eigenvalue weighted by atomic mass is 10.1. The van der Waals surface area contributed by atoms with Gasteiger partial charge in [0.05, 0.1) is 5.69 Å². The lowest BCUT2D eigenvalue weighted by Gasteiger charge is -2.18. The summed E-state index contributed by atoms with van der Waals surface area (Å²) in [6.07, 6.45) is -2.91. The van der Waals surface area contributed by atoms with Crippen molar-refractivity contribution in [3.63, 3.8) is 0 Å². The molecule has 3 rings (SSSR count). The topological polar surface area (TPSA) is 67.4 Å². The molecule has 1 amide bonds. The van der Waals surface area contributed by atoms with Crippen LogP contribution in [0.25, 0.3) is 11.3 Å². The van der Waals surface area contributed by atoms with E-state index in [9.17, 15) is 22.4 Å². The first-order valence-corrected chi connectivity index (χ1v) is 8.11. The normalized spacial score (nSPS) is 17.1. The summed E-state index contributed by atoms with van der Waals surface area (Å²) in [6.45, 7) is 2.70. The van der Waals surface area contributed by atoms with E-state index in [1.54, 1.807) is 6.07 Å². The zero-order chi connectivity index (χ0) is 19.6. The van der Waals surface area contributed by atoms with Crippen LogP contribution in [-0.4, -0.2) is 41.4 Å². The number of amides is 1. The van der Waals surface area contributed by atoms with Crippen molar-refractivity contribution in [1.82, 2.24) is 15.3 Å². The number of alkyl halides is 3. The molecule has 1 fully saturated rings. The maximum atomic E-state index is 13.9. The van der Waals surface area contributed by atoms with Gasteiger partial charge in [0, 0.05) is 37.7 Å². The van der Waals surface area contributed by atoms with Gasteiger partial charge in [0.25, 0.3) is 0 Å². The summed E-state index contributed by atoms with van der Waals surface area (Å²) in [6, 6.07) is 4.76. The Bertz CT molecular complexity index is 844. The Morgan fingerprint density at radius 3 is 2.74 bits per heavy atom. The summed E-state index contributed by atoms with van der Waals surface area (Å²) in [5, 5.41) is 2.84. The van der Waals surface area contributed by atoms with Gasteiger partial charge in [-0.25, -0.2) is 14.4 Å². The number of rotatable bonds is 4. The molecule has 1 aliphatic heterocycles. The van der Waals surface area contributed by atoms with Gasteiger partial charge < -0.3 is 15.0 Å². The molecule has 1 aromatic carbocycles. The Kier molecular flexibility index (Phi) is 5.15. The van der Waals surface area contributed by atoms with Gasteiger partial charge in [-0.2, -0.15) is 0 Å². The standard InChI is InChI=1S/C17H16F4N4O2/c1-10(26)24-12-4-5-25(8-12)16-7-14(22-9-23-16)11-2-3-15(13(18)6-11)27-17(19,20)21/h2-3,6-7,9,12H,4-5,8H2,1H3,(H,24,26). The number of halogens is 4. The molecule has 6 nitrogen and oxygen atoms in total. The zero-order valence-electron chi connectivity index (χ0n) is 14.3. The average Bonchev–Trinajstić information content (AvgIpc) is 3.03. The van der Waals surface area contributed by atoms with Crippen molar-refractivity contribution in [1.29, 1.82) is 0 Å². The quantitative estimate of drug-likeness (QED) is 0.821. The van der Waals surface area contributed by atoms with Crippen molar-refractivity contribution in [3.8, 4) is 17.0 Å². The minimum absolute atomic E-state index is 0.0113. The van der Waals surface area contributed by atoms with E-state index in [0.717, 1.165) is 18.6 Å². The molecule has 2 aromatic rings. The highest BCUT2D eigenvalue weighted by Gasteiger charge is 2.32. The smallest absolute Gasteiger partial charge is 0.403 e. The van der Waals surface area contributed by atoms with Crippen LogP contribution in [0.5, 0.6) is 5.75 Å². The fourth-order valence-corrected chi connectivity index (χ4v) is 2.92. The monoisotopic (exact) mass is 384 g/mol. The summed E-state index contributed by atoms with van der Waals surface area (Å²) >= 11 is 0. The molecule has 27 heavy (non-hydrogen) atoms. The predicted octanol–water partition coefficient (Wildman–Crippen LogP) is 2.90. The van der Waals surface area contributed by atoms with Crippen LogP contribution in [0.1, 0.15) is 13.3 Å². The molecule has 1 aliphatic rings. The summed E-state index contributed by atoms with van der Waals surface area (Å²) in [7, 11) is 0. The van der Waals surface area contributed by atoms with E-state index < -0.39 is 17.9 Å². The van der Waals surface area contributed by atoms with Gasteiger partial charge in [0.1, 0.15) is 12.1 Å². The van der Waals surface area contributed by atoms with E-state index in [1.165, 1.54) is 19.3 Å². The van der Waals surface area contributed by atoms with Crippen LogP contribution in [0.2, 0.25) is 0 Å². The van der Waals surface area contributed by atoms with Crippen LogP contribution in [0.15, 0.2) is 30.6 Å². The van der Waals surface area contributed by atoms with E-state index in [-0.39, 0.29) is 11.9 Å². The molecule has 1 saturated heterocycles. The first kappa shape index (κ1) is 18.9. The second-order valence-corrected chi connectivity index (χ2v) is 6.09. The summed E-state index contributed by atoms with van der Waals surface area (Å²) in [4.78, 5) is 21.3. The molecular weight excluding hydrogens is 368 g/mol. The number of nitrogens with zero attached hydrogens (tertiary/aromatic N) is 3. The Hall–Kier alpha value is -2.91. The molecule has 1 atom stereocenters. The van der Waals surface area contributed by atoms with Gasteiger partial charge in [-0.05, 0) is 24.6 Å². The number of nitrogens with one attached hydrogen (secondary N) is 1. The first-order chi connectivity index (χ1) is 12.7. The van der Waals surface area contributed by atoms with Gasteiger partial charge >= 0.3 is 6.36 Å². The summed E-state index contributed by atoms with van der Waals surface area (Å²) < 4.78 is 54.3. The number of benzene rings is 1. The Labute approximate surface area is 152 Å². The van der Waals surface area contributed by atoms with Crippen molar-refractivity contribution in [3.05, 3.63) is 36.4 Å². The molecule has 1 aromatic heterocycles. The maximum absolute atomic E-state index is 13.9. The number of carbonyl (C=O) groups is 1. The van der Waals surface area contributed by atoms with Crippen molar-refractivity contribution in [2.24, 2.45) is 0 Å². The number of carbonyl (C=O) groups excluding carboxylic acids is 1. The van der Waals surface area contributed by atoms with Crippen molar-refractivity contribution < 1.29 is 27.1 Å². The number of hydrogen-bond acceptors (Lipinski definition) is 5. The van der Waals surface area contributed by atoms with Crippen LogP contribution >= 0.6 is 0 Å². The predicted molar refractivity (Wildman–Crippen MR) is 88.5 cm³/mol. The minimum Gasteiger partial charge on any atom is -0.403 e. The van der Waals surface area contributed by atoms with E-state index in [1.807, 2.05) is 4.90 Å². The lowest BCUT2D eigenvalue weighted by Crippen LogP contribution is -2.35. The fourth-order valence-electron chi connectivity index (χ4n) is 2.92. The Morgan fingerprint density at radius 1 is 1.30 bits per heavy atom. The first-order valence-electron chi connectivity index (χ1n) is 8.11. The zero-order valence-corrected chi connectivity index (χ0v) is 14.3. The van der Waals surface area contributed by atoms with Crippen molar-refractivity contribution >= 4 is 11.7 Å². The Morgan fingerprint density at radius 2 is 2.07 bits per heavy atom. The molecule has 10 heteroatoms. The van der Waals surface area contributed by atoms with Gasteiger partial charge in [-0.15, -0.1) is 13.2 Å². The molecule has 0 radical (unpaired) electrons. The molecule has 0 bridgehead atoms. The van der Waals surface area contributed by atoms with E-state index in [0.29, 0.717) is 30.2 Å². The van der Waals surface area contributed by atoms with Crippen LogP contribution in [-0.2, 0) is 4.79 Å². The number of anilines is 1. The average molecular weight is 384 g/mol. The van der Waals surface area contributed by atoms with Gasteiger partial charge in [-0.1, -0.05) is 0 Å². The van der Waals surface area contributed by atoms with Gasteiger partial charge in [0.15, 0.2) is 11.6 Å². The van der Waals surface area contributed by atoms with Gasteiger partial charge in [0.2, 0.25) is 5.91 Å². The van der Waals surface area contributed by atoms with Gasteiger partial charge in [-0.3, -0.25) is 4.79 Å². The lowest BCUT2D eigenvalue weighted by molar-refractivity contribution is -0.275. The third-order valence-corrected chi connectivity index (χ3v) is 4.03. The van der Waals surface area contributed by atoms with Crippen LogP contribution in [0, 0.1) is 5.82 Å². The maximum Gasteiger partial charge on any atom is 0.573 e. The SMILES string of the molecule is CC(=O)NC1CCN(c2cc(-c3ccc(OC(F)(F)F)c(F)c3)ncn2)C1. The van der Waals surface area contributed by atoms with Crippen molar-refractivity contribution in [2.45, 2.75) is 25.7 Å². The number of aromatic nitrogens is 2. The molecule has 1 unspecified atom stereocenters. The molecule has 144 valence electrons. The third-order valence-electron chi connectivity index (χ3n) is 4.03. The molecule has 1 N–H and O–H groups in total. The van der Waals surface area contributed by atoms with E-state index >= 15 is 0 Å². The van der Waals surface area contributed by atoms with Crippen LogP contribution in [0.4, 0.5) is 23.4 Å². The third kappa shape index (κ3) is 4.83. The summed E-state index contributed by atoms with van der Waals surface area (Å²) in [5.74, 6) is -1.57. The molecule has 0 spiro atoms. The largest absolute Gasteiger partial charge is 0.573 e. The highest BCUT2D eigenvalue weighted by atomic mass is 19.4. The highest BCUT2D eigenvalue weighted by Crippen LogP contribution is 2.30. The van der Waals surface area contributed by atoms with E-state index in [2.05, 4.69) is 20.0 Å². The highest BCUT2D eigenvalue weighted by molar-refractivity contribution is 5.73.